The van der Waals surface area contributed by atoms with Crippen molar-refractivity contribution >= 4 is 5.69 Å². The highest BCUT2D eigenvalue weighted by Gasteiger charge is 2.10. The summed E-state index contributed by atoms with van der Waals surface area (Å²) in [7, 11) is 3.27. The minimum atomic E-state index is 0.690. The van der Waals surface area contributed by atoms with Crippen molar-refractivity contribution in [2.24, 2.45) is 0 Å². The van der Waals surface area contributed by atoms with Crippen LogP contribution in [-0.4, -0.2) is 19.2 Å². The van der Waals surface area contributed by atoms with Crippen molar-refractivity contribution in [1.82, 2.24) is 4.98 Å². The first-order valence-corrected chi connectivity index (χ1v) is 8.18. The van der Waals surface area contributed by atoms with Gasteiger partial charge in [-0.25, -0.2) is 0 Å². The van der Waals surface area contributed by atoms with Gasteiger partial charge in [-0.15, -0.1) is 0 Å². The summed E-state index contributed by atoms with van der Waals surface area (Å²) in [5, 5.41) is 3.48. The SMILES string of the molecule is COc1ccc(-c2ncccc2NCc2ccc(C)cc2)cc1OC. The smallest absolute Gasteiger partial charge is 0.161 e. The molecule has 0 spiro atoms. The van der Waals surface area contributed by atoms with E-state index in [2.05, 4.69) is 41.5 Å². The monoisotopic (exact) mass is 334 g/mol. The largest absolute Gasteiger partial charge is 0.493 e. The second-order valence-electron chi connectivity index (χ2n) is 5.81. The molecule has 4 heteroatoms. The second kappa shape index (κ2) is 7.71. The summed E-state index contributed by atoms with van der Waals surface area (Å²) in [5.74, 6) is 1.39. The quantitative estimate of drug-likeness (QED) is 0.710. The first kappa shape index (κ1) is 16.8. The molecule has 0 aliphatic carbocycles. The third-order valence-corrected chi connectivity index (χ3v) is 4.07. The van der Waals surface area contributed by atoms with E-state index in [9.17, 15) is 0 Å². The lowest BCUT2D eigenvalue weighted by atomic mass is 10.1. The third kappa shape index (κ3) is 3.91. The molecular weight excluding hydrogens is 312 g/mol. The van der Waals surface area contributed by atoms with Crippen LogP contribution < -0.4 is 14.8 Å². The molecule has 1 heterocycles. The molecular formula is C21H22N2O2. The summed E-state index contributed by atoms with van der Waals surface area (Å²) in [6.07, 6.45) is 1.79. The summed E-state index contributed by atoms with van der Waals surface area (Å²) in [6.45, 7) is 2.83. The first-order chi connectivity index (χ1) is 12.2. The molecule has 0 saturated carbocycles. The Hall–Kier alpha value is -3.01. The summed E-state index contributed by atoms with van der Waals surface area (Å²) < 4.78 is 10.7. The van der Waals surface area contributed by atoms with Crippen molar-refractivity contribution in [3.8, 4) is 22.8 Å². The van der Waals surface area contributed by atoms with Crippen LogP contribution in [-0.2, 0) is 6.54 Å². The molecule has 0 atom stereocenters. The van der Waals surface area contributed by atoms with Crippen LogP contribution in [0.5, 0.6) is 11.5 Å². The van der Waals surface area contributed by atoms with Crippen LogP contribution in [0, 0.1) is 6.92 Å². The number of aryl methyl sites for hydroxylation is 1. The molecule has 1 aromatic heterocycles. The minimum absolute atomic E-state index is 0.690. The molecule has 0 saturated heterocycles. The van der Waals surface area contributed by atoms with Gasteiger partial charge in [0.1, 0.15) is 0 Å². The van der Waals surface area contributed by atoms with E-state index >= 15 is 0 Å². The van der Waals surface area contributed by atoms with Gasteiger partial charge in [0.15, 0.2) is 11.5 Å². The van der Waals surface area contributed by atoms with Crippen molar-refractivity contribution in [3.63, 3.8) is 0 Å². The Morgan fingerprint density at radius 1 is 0.920 bits per heavy atom. The van der Waals surface area contributed by atoms with E-state index in [0.717, 1.165) is 23.5 Å². The molecule has 0 unspecified atom stereocenters. The van der Waals surface area contributed by atoms with Crippen molar-refractivity contribution in [2.75, 3.05) is 19.5 Å². The van der Waals surface area contributed by atoms with E-state index in [0.29, 0.717) is 11.5 Å². The lowest BCUT2D eigenvalue weighted by molar-refractivity contribution is 0.355. The topological polar surface area (TPSA) is 43.4 Å². The number of rotatable bonds is 6. The maximum absolute atomic E-state index is 5.41. The Morgan fingerprint density at radius 2 is 1.68 bits per heavy atom. The number of ether oxygens (including phenoxy) is 2. The number of anilines is 1. The Labute approximate surface area is 148 Å². The minimum Gasteiger partial charge on any atom is -0.493 e. The van der Waals surface area contributed by atoms with E-state index in [1.807, 2.05) is 30.3 Å². The molecule has 0 fully saturated rings. The fraction of sp³-hybridized carbons (Fsp3) is 0.190. The van der Waals surface area contributed by atoms with E-state index < -0.39 is 0 Å². The Bertz CT molecular complexity index is 845. The summed E-state index contributed by atoms with van der Waals surface area (Å²) >= 11 is 0. The zero-order chi connectivity index (χ0) is 17.6. The lowest BCUT2D eigenvalue weighted by Crippen LogP contribution is -2.02. The van der Waals surface area contributed by atoms with Gasteiger partial charge in [-0.1, -0.05) is 29.8 Å². The molecule has 2 aromatic carbocycles. The standard InChI is InChI=1S/C21H22N2O2/c1-15-6-8-16(9-7-15)14-23-18-5-4-12-22-21(18)17-10-11-19(24-2)20(13-17)25-3/h4-13,23H,14H2,1-3H3. The summed E-state index contributed by atoms with van der Waals surface area (Å²) in [6, 6.07) is 18.3. The first-order valence-electron chi connectivity index (χ1n) is 8.18. The fourth-order valence-corrected chi connectivity index (χ4v) is 2.66. The Balaban J connectivity index is 1.87. The third-order valence-electron chi connectivity index (χ3n) is 4.07. The van der Waals surface area contributed by atoms with Gasteiger partial charge in [0, 0.05) is 18.3 Å². The maximum Gasteiger partial charge on any atom is 0.161 e. The van der Waals surface area contributed by atoms with E-state index in [-0.39, 0.29) is 0 Å². The van der Waals surface area contributed by atoms with Gasteiger partial charge in [-0.05, 0) is 42.8 Å². The number of benzene rings is 2. The lowest BCUT2D eigenvalue weighted by Gasteiger charge is -2.13. The van der Waals surface area contributed by atoms with Crippen LogP contribution in [0.25, 0.3) is 11.3 Å². The summed E-state index contributed by atoms with van der Waals surface area (Å²) in [5.41, 5.74) is 5.33. The number of nitrogens with zero attached hydrogens (tertiary/aromatic N) is 1. The van der Waals surface area contributed by atoms with Gasteiger partial charge < -0.3 is 14.8 Å². The van der Waals surface area contributed by atoms with Gasteiger partial charge >= 0.3 is 0 Å². The normalized spacial score (nSPS) is 10.4. The molecule has 25 heavy (non-hydrogen) atoms. The number of nitrogens with one attached hydrogen (secondary N) is 1. The number of aromatic nitrogens is 1. The van der Waals surface area contributed by atoms with Gasteiger partial charge in [-0.2, -0.15) is 0 Å². The van der Waals surface area contributed by atoms with Gasteiger partial charge in [0.2, 0.25) is 0 Å². The maximum atomic E-state index is 5.41. The van der Waals surface area contributed by atoms with Gasteiger partial charge in [-0.3, -0.25) is 4.98 Å². The molecule has 0 aliphatic rings. The van der Waals surface area contributed by atoms with Gasteiger partial charge in [0.25, 0.3) is 0 Å². The van der Waals surface area contributed by atoms with Crippen molar-refractivity contribution in [3.05, 3.63) is 71.9 Å². The average molecular weight is 334 g/mol. The number of pyridine rings is 1. The van der Waals surface area contributed by atoms with Crippen LogP contribution in [0.15, 0.2) is 60.8 Å². The van der Waals surface area contributed by atoms with Crippen LogP contribution in [0.4, 0.5) is 5.69 Å². The molecule has 3 rings (SSSR count). The molecule has 0 amide bonds. The highest BCUT2D eigenvalue weighted by atomic mass is 16.5. The molecule has 4 nitrogen and oxygen atoms in total. The van der Waals surface area contributed by atoms with Crippen LogP contribution in [0.1, 0.15) is 11.1 Å². The van der Waals surface area contributed by atoms with E-state index in [4.69, 9.17) is 9.47 Å². The Kier molecular flexibility index (Phi) is 5.19. The average Bonchev–Trinajstić information content (AvgIpc) is 2.67. The van der Waals surface area contributed by atoms with E-state index in [1.165, 1.54) is 11.1 Å². The highest BCUT2D eigenvalue weighted by Crippen LogP contribution is 2.34. The Morgan fingerprint density at radius 3 is 2.40 bits per heavy atom. The zero-order valence-corrected chi connectivity index (χ0v) is 14.7. The van der Waals surface area contributed by atoms with Crippen LogP contribution in [0.2, 0.25) is 0 Å². The molecule has 0 bridgehead atoms. The molecule has 128 valence electrons. The predicted molar refractivity (Wildman–Crippen MR) is 101 cm³/mol. The molecule has 1 N–H and O–H groups in total. The van der Waals surface area contributed by atoms with E-state index in [1.54, 1.807) is 20.4 Å². The van der Waals surface area contributed by atoms with Crippen LogP contribution in [0.3, 0.4) is 0 Å². The predicted octanol–water partition coefficient (Wildman–Crippen LogP) is 4.69. The van der Waals surface area contributed by atoms with Crippen molar-refractivity contribution in [1.29, 1.82) is 0 Å². The van der Waals surface area contributed by atoms with Gasteiger partial charge in [0.05, 0.1) is 25.6 Å². The highest BCUT2D eigenvalue weighted by molar-refractivity contribution is 5.75. The number of hydrogen-bond acceptors (Lipinski definition) is 4. The number of hydrogen-bond donors (Lipinski definition) is 1. The molecule has 3 aromatic rings. The molecule has 0 radical (unpaired) electrons. The zero-order valence-electron chi connectivity index (χ0n) is 14.7. The van der Waals surface area contributed by atoms with Crippen molar-refractivity contribution in [2.45, 2.75) is 13.5 Å². The second-order valence-corrected chi connectivity index (χ2v) is 5.81. The van der Waals surface area contributed by atoms with Crippen molar-refractivity contribution < 1.29 is 9.47 Å². The van der Waals surface area contributed by atoms with Crippen LogP contribution >= 0.6 is 0 Å². The summed E-state index contributed by atoms with van der Waals surface area (Å²) in [4.78, 5) is 4.55. The number of methoxy groups -OCH3 is 2. The molecule has 0 aliphatic heterocycles. The fourth-order valence-electron chi connectivity index (χ4n) is 2.66.